The lowest BCUT2D eigenvalue weighted by molar-refractivity contribution is -0.265. The van der Waals surface area contributed by atoms with Crippen LogP contribution in [0.1, 0.15) is 171 Å². The molecule has 1 saturated carbocycles. The third-order valence-electron chi connectivity index (χ3n) is 26.7. The number of cyclic esters (lactones) is 1. The number of ketones is 3. The molecule has 9 N–H and O–H groups in total. The number of fused-ring (bicyclic) bond motifs is 5. The van der Waals surface area contributed by atoms with Crippen LogP contribution in [0.4, 0.5) is 34.5 Å². The number of aromatic nitrogens is 11. The zero-order valence-electron chi connectivity index (χ0n) is 79.2. The first-order valence-corrected chi connectivity index (χ1v) is 47.2. The van der Waals surface area contributed by atoms with Crippen molar-refractivity contribution in [3.63, 3.8) is 0 Å². The van der Waals surface area contributed by atoms with Gasteiger partial charge in [0.15, 0.2) is 17.0 Å². The highest BCUT2D eigenvalue weighted by Crippen LogP contribution is 2.40. The van der Waals surface area contributed by atoms with Gasteiger partial charge in [-0.15, -0.1) is 0 Å². The Bertz CT molecular complexity index is 5430. The highest BCUT2D eigenvalue weighted by Gasteiger charge is 2.53. The summed E-state index contributed by atoms with van der Waals surface area (Å²) >= 11 is 0. The smallest absolute Gasteiger partial charge is 0.407 e. The summed E-state index contributed by atoms with van der Waals surface area (Å²) in [5.41, 5.74) is 17.6. The Kier molecular flexibility index (Phi) is 35.4. The van der Waals surface area contributed by atoms with Crippen molar-refractivity contribution in [1.29, 1.82) is 0 Å². The van der Waals surface area contributed by atoms with E-state index in [1.165, 1.54) is 43.1 Å². The minimum Gasteiger partial charge on any atom is -0.460 e. The number of aliphatic hydroxyl groups is 2. The number of nitrogens with two attached hydrogens (primary N) is 2. The summed E-state index contributed by atoms with van der Waals surface area (Å²) in [5, 5.41) is 37.9. The molecule has 136 heavy (non-hydrogen) atoms. The minimum atomic E-state index is -2.50. The molecule has 5 aliphatic heterocycles. The van der Waals surface area contributed by atoms with Crippen LogP contribution < -0.4 is 42.1 Å². The molecule has 0 unspecified atom stereocenters. The number of rotatable bonds is 26. The van der Waals surface area contributed by atoms with Crippen LogP contribution in [-0.4, -0.2) is 289 Å². The van der Waals surface area contributed by atoms with Crippen molar-refractivity contribution >= 4 is 105 Å². The maximum atomic E-state index is 14.8. The number of methoxy groups -OCH3 is 3. The number of nitrogen functional groups attached to an aromatic ring is 2. The number of hydrogen-bond donors (Lipinski definition) is 7. The Hall–Kier alpha value is -12.2. The van der Waals surface area contributed by atoms with Gasteiger partial charge in [-0.3, -0.25) is 33.6 Å². The van der Waals surface area contributed by atoms with Gasteiger partial charge >= 0.3 is 12.1 Å². The third kappa shape index (κ3) is 25.7. The first-order chi connectivity index (χ1) is 65.5. The summed E-state index contributed by atoms with van der Waals surface area (Å²) in [6.45, 7) is 18.2. The van der Waals surface area contributed by atoms with Crippen molar-refractivity contribution in [2.75, 3.05) is 133 Å². The zero-order chi connectivity index (χ0) is 96.9. The molecule has 5 fully saturated rings. The van der Waals surface area contributed by atoms with Crippen LogP contribution in [0.3, 0.4) is 0 Å². The molecule has 15 atom stereocenters. The van der Waals surface area contributed by atoms with E-state index >= 15 is 0 Å². The first-order valence-electron chi connectivity index (χ1n) is 47.2. The van der Waals surface area contributed by atoms with E-state index in [1.54, 1.807) is 76.0 Å². The monoisotopic (exact) mass is 1880 g/mol. The molecular weight excluding hydrogens is 1750 g/mol. The molecule has 6 aliphatic rings. The van der Waals surface area contributed by atoms with Crippen LogP contribution in [0.25, 0.3) is 33.4 Å². The number of nitrogens with zero attached hydrogens (tertiary/aromatic N) is 16. The maximum Gasteiger partial charge on any atom is 0.407 e. The largest absolute Gasteiger partial charge is 0.460 e. The van der Waals surface area contributed by atoms with Gasteiger partial charge < -0.3 is 99.7 Å². The Morgan fingerprint density at radius 2 is 1.36 bits per heavy atom. The molecular formula is C96H129N21O19. The number of benzene rings is 1. The first kappa shape index (κ1) is 101. The summed E-state index contributed by atoms with van der Waals surface area (Å²) < 4.78 is 49.1. The van der Waals surface area contributed by atoms with Crippen LogP contribution in [0, 0.1) is 35.5 Å². The predicted octanol–water partition coefficient (Wildman–Crippen LogP) is 7.62. The molecule has 0 radical (unpaired) electrons. The number of esters is 1. The van der Waals surface area contributed by atoms with Crippen LogP contribution in [-0.2, 0) is 75.0 Å². The van der Waals surface area contributed by atoms with Crippen molar-refractivity contribution in [2.24, 2.45) is 35.5 Å². The maximum absolute atomic E-state index is 14.8. The lowest BCUT2D eigenvalue weighted by atomic mass is 9.78. The number of Topliss-reactive ketones (excluding diaryl/α,β-unsaturated/α-hetero) is 3. The summed E-state index contributed by atoms with van der Waals surface area (Å²) in [6, 6.07) is 4.29. The number of alkyl carbamates (subject to hydrolysis) is 1. The van der Waals surface area contributed by atoms with E-state index in [2.05, 4.69) is 60.8 Å². The molecule has 732 valence electrons. The topological polar surface area (TPSA) is 510 Å². The number of piperazine rings is 2. The highest BCUT2D eigenvalue weighted by atomic mass is 16.6. The van der Waals surface area contributed by atoms with Crippen molar-refractivity contribution in [2.45, 2.75) is 212 Å². The van der Waals surface area contributed by atoms with Gasteiger partial charge in [0.1, 0.15) is 59.6 Å². The second-order valence-corrected chi connectivity index (χ2v) is 36.4. The summed E-state index contributed by atoms with van der Waals surface area (Å²) in [5.74, 6) is -7.86. The number of hydrogen-bond acceptors (Lipinski definition) is 34. The van der Waals surface area contributed by atoms with E-state index in [0.29, 0.717) is 204 Å². The van der Waals surface area contributed by atoms with E-state index in [9.17, 15) is 53.4 Å². The molecule has 5 amide bonds. The number of aliphatic hydroxyl groups excluding tert-OH is 1. The number of carbonyl (C=O) groups is 9. The predicted molar refractivity (Wildman–Crippen MR) is 502 cm³/mol. The number of allylic oxidation sites excluding steroid dienone is 6. The number of unbranched alkanes of at least 4 members (excludes halogenated alkanes) is 1. The Morgan fingerprint density at radius 1 is 0.691 bits per heavy atom. The SMILES string of the molecule is CO[C@H]1C[C@@H]2CC[C@@H](C)[C@@](O)(O2)C(=O)C(=O)N2CCCC[C@H]2C(=O)O[C@H]([C@H](C)C[C@@H]2CC[C@@H](OC(=O)NCc3cnc(N4CCN(c5ncc(C(=O)NCCOCCC(=O)N6CCN(c7ncc(C(=O)NCCCCn8nc(-c9ccc%10oc(N)nc%10c9)c9c(N)ncnc98)cn7)CC6)cn5)CC4)nc3)[C@H](OC)C2)CC(=O)[C@H](C)/C=C(\C)[C@@H](O)[C@@H](OC)C(=O)[C@H](C)C[C@H](C)/C=C/C=C/C=C/1C. The number of piperidine rings is 1. The Balaban J connectivity index is 0.513. The van der Waals surface area contributed by atoms with Crippen molar-refractivity contribution in [3.05, 3.63) is 126 Å². The molecule has 7 aromatic rings. The second kappa shape index (κ2) is 47.5. The number of anilines is 5. The van der Waals surface area contributed by atoms with E-state index < -0.39 is 102 Å². The molecule has 40 heteroatoms. The average Bonchev–Trinajstić information content (AvgIpc) is 1.37. The molecule has 11 heterocycles. The number of amides is 5. The lowest BCUT2D eigenvalue weighted by Gasteiger charge is -2.42. The van der Waals surface area contributed by atoms with Crippen molar-refractivity contribution in [3.8, 4) is 11.3 Å². The average molecular weight is 1880 g/mol. The van der Waals surface area contributed by atoms with Crippen LogP contribution in [0.15, 0.2) is 114 Å². The number of aryl methyl sites for hydroxylation is 1. The molecule has 13 rings (SSSR count). The van der Waals surface area contributed by atoms with Gasteiger partial charge in [-0.2, -0.15) is 10.1 Å². The van der Waals surface area contributed by atoms with Gasteiger partial charge in [0.25, 0.3) is 29.5 Å². The Labute approximate surface area is 790 Å². The fourth-order valence-corrected chi connectivity index (χ4v) is 18.6. The van der Waals surface area contributed by atoms with Gasteiger partial charge in [0.2, 0.25) is 29.5 Å². The third-order valence-corrected chi connectivity index (χ3v) is 26.7. The van der Waals surface area contributed by atoms with Gasteiger partial charge in [0, 0.05) is 185 Å². The normalized spacial score (nSPS) is 26.7. The lowest BCUT2D eigenvalue weighted by Crippen LogP contribution is -2.61. The number of ether oxygens (including phenoxy) is 7. The van der Waals surface area contributed by atoms with Crippen LogP contribution in [0.5, 0.6) is 0 Å². The van der Waals surface area contributed by atoms with E-state index in [4.69, 9.17) is 54.1 Å². The molecule has 4 saturated heterocycles. The fraction of sp³-hybridized carbons (Fsp3) is 0.573. The fourth-order valence-electron chi connectivity index (χ4n) is 18.6. The van der Waals surface area contributed by atoms with E-state index in [1.807, 2.05) is 78.0 Å². The molecule has 1 aromatic carbocycles. The molecule has 6 aromatic heterocycles. The number of oxazole rings is 1. The minimum absolute atomic E-state index is 0.0272. The Morgan fingerprint density at radius 3 is 2.03 bits per heavy atom. The summed E-state index contributed by atoms with van der Waals surface area (Å²) in [6.07, 6.45) is 21.0. The van der Waals surface area contributed by atoms with Crippen molar-refractivity contribution in [1.82, 2.24) is 80.4 Å². The van der Waals surface area contributed by atoms with Crippen molar-refractivity contribution < 1.29 is 90.9 Å². The highest BCUT2D eigenvalue weighted by molar-refractivity contribution is 6.39. The second-order valence-electron chi connectivity index (χ2n) is 36.4. The van der Waals surface area contributed by atoms with Crippen LogP contribution >= 0.6 is 0 Å². The molecule has 40 nitrogen and oxygen atoms in total. The molecule has 0 spiro atoms. The number of nitrogens with one attached hydrogen (secondary N) is 3. The van der Waals surface area contributed by atoms with E-state index in [0.717, 1.165) is 11.1 Å². The number of carbonyl (C=O) groups excluding carboxylic acids is 9. The molecule has 1 aliphatic carbocycles. The van der Waals surface area contributed by atoms with Gasteiger partial charge in [-0.25, -0.2) is 54.1 Å². The van der Waals surface area contributed by atoms with E-state index in [-0.39, 0.29) is 111 Å². The standard InChI is InChI=1S/C96H129N21O19/c1-57-18-12-11-13-19-58(2)75(129-8)47-69-24-21-63(7)96(128,136-69)84(122)89(125)116-30-16-14-20-71(116)90(126)133-76(48-72(118)59(3)43-62(6)82(121)83(131-10)81(120)61(5)42-57)60(4)44-64-22-25-74(77(45-64)130-9)135-95(127)107-51-65-49-101-92(102-50-65)114-36-38-115(39-37-114)94-105-54-68(55-106-94)88(124)100-29-41-132-40-27-78(119)112-32-34-113(35-33-112)93-103-52-67(53-104-93)87(123)99-28-15-17-31-117-86-79(85(97)108-56-109-86)80(111-117)66-23-26-73-70(46-66)110-91(98)134-73/h11-13,18-19,23,26,43,46,49-50,52-57,59-61,63-64,69,71,74-77,82-83,121,128H,14-17,20-22,24-25,27-42,44-45,47-48,51H2,1-10H3,(H2,98,110)(H,99,123)(H,100,124)(H,107,127)(H2,97,108,109)/b13-11+,18-12+,58-19+,62-43+/t57-,59-,60-,61-,63-,64+,69+,71+,74-,75+,76+,77-,82-,83+,96-/m1/s1. The summed E-state index contributed by atoms with van der Waals surface area (Å²) in [4.78, 5) is 174. The summed E-state index contributed by atoms with van der Waals surface area (Å²) in [7, 11) is 4.47. The van der Waals surface area contributed by atoms with Gasteiger partial charge in [0.05, 0.1) is 54.5 Å². The zero-order valence-corrected chi connectivity index (χ0v) is 79.2. The molecule has 2 bridgehead atoms. The quantitative estimate of drug-likeness (QED) is 0.0119. The van der Waals surface area contributed by atoms with Gasteiger partial charge in [-0.1, -0.05) is 71.1 Å². The van der Waals surface area contributed by atoms with Gasteiger partial charge in [-0.05, 0) is 138 Å². The van der Waals surface area contributed by atoms with Crippen LogP contribution in [0.2, 0.25) is 0 Å².